The Bertz CT molecular complexity index is 412. The molecule has 0 aliphatic carbocycles. The van der Waals surface area contributed by atoms with Crippen molar-refractivity contribution < 1.29 is 15.0 Å². The van der Waals surface area contributed by atoms with Gasteiger partial charge in [0.25, 0.3) is 0 Å². The Morgan fingerprint density at radius 2 is 2.38 bits per heavy atom. The summed E-state index contributed by atoms with van der Waals surface area (Å²) in [5.41, 5.74) is 0.976. The molecule has 0 amide bonds. The van der Waals surface area contributed by atoms with Crippen LogP contribution in [0.25, 0.3) is 0 Å². The molecule has 0 bridgehead atoms. The van der Waals surface area contributed by atoms with Crippen LogP contribution in [0.3, 0.4) is 0 Å². The predicted octanol–water partition coefficient (Wildman–Crippen LogP) is 0.698. The zero-order valence-corrected chi connectivity index (χ0v) is 9.31. The number of carbonyl (C=O) groups is 1. The van der Waals surface area contributed by atoms with Crippen molar-refractivity contribution in [1.82, 2.24) is 9.55 Å². The van der Waals surface area contributed by atoms with E-state index in [4.69, 9.17) is 10.2 Å². The Balaban J connectivity index is 2.44. The highest BCUT2D eigenvalue weighted by molar-refractivity contribution is 5.86. The van der Waals surface area contributed by atoms with Crippen molar-refractivity contribution in [3.63, 3.8) is 0 Å². The summed E-state index contributed by atoms with van der Waals surface area (Å²) in [6, 6.07) is 0. The van der Waals surface area contributed by atoms with Crippen molar-refractivity contribution >= 4 is 5.97 Å². The van der Waals surface area contributed by atoms with Crippen LogP contribution in [0.5, 0.6) is 0 Å². The Labute approximate surface area is 93.7 Å². The van der Waals surface area contributed by atoms with Crippen molar-refractivity contribution in [2.45, 2.75) is 32.7 Å². The first kappa shape index (κ1) is 11.1. The smallest absolute Gasteiger partial charge is 0.356 e. The third kappa shape index (κ3) is 1.82. The van der Waals surface area contributed by atoms with Crippen molar-refractivity contribution in [2.75, 3.05) is 6.61 Å². The SMILES string of the molecule is CC1CCc2c(C(=O)O)nc(CCO)n2C1. The molecule has 0 saturated carbocycles. The molecule has 0 radical (unpaired) electrons. The van der Waals surface area contributed by atoms with Gasteiger partial charge >= 0.3 is 5.97 Å². The molecule has 16 heavy (non-hydrogen) atoms. The van der Waals surface area contributed by atoms with Gasteiger partial charge in [-0.15, -0.1) is 0 Å². The summed E-state index contributed by atoms with van der Waals surface area (Å²) in [6.45, 7) is 2.96. The van der Waals surface area contributed by atoms with Crippen molar-refractivity contribution in [1.29, 1.82) is 0 Å². The summed E-state index contributed by atoms with van der Waals surface area (Å²) in [4.78, 5) is 15.2. The standard InChI is InChI=1S/C11H16N2O3/c1-7-2-3-8-10(11(15)16)12-9(4-5-14)13(8)6-7/h7,14H,2-6H2,1H3,(H,15,16). The fraction of sp³-hybridized carbons (Fsp3) is 0.636. The average molecular weight is 224 g/mol. The lowest BCUT2D eigenvalue weighted by Crippen LogP contribution is -2.21. The molecular weight excluding hydrogens is 208 g/mol. The van der Waals surface area contributed by atoms with Gasteiger partial charge in [-0.2, -0.15) is 0 Å². The summed E-state index contributed by atoms with van der Waals surface area (Å²) >= 11 is 0. The Kier molecular flexibility index (Phi) is 2.96. The first-order valence-electron chi connectivity index (χ1n) is 5.56. The van der Waals surface area contributed by atoms with Crippen LogP contribution in [0.4, 0.5) is 0 Å². The summed E-state index contributed by atoms with van der Waals surface area (Å²) in [7, 11) is 0. The highest BCUT2D eigenvalue weighted by Gasteiger charge is 2.25. The Morgan fingerprint density at radius 3 is 3.00 bits per heavy atom. The van der Waals surface area contributed by atoms with Crippen LogP contribution in [0.1, 0.15) is 35.4 Å². The number of nitrogens with zero attached hydrogens (tertiary/aromatic N) is 2. The highest BCUT2D eigenvalue weighted by atomic mass is 16.4. The number of aromatic nitrogens is 2. The van der Waals surface area contributed by atoms with Crippen molar-refractivity contribution in [2.24, 2.45) is 5.92 Å². The summed E-state index contributed by atoms with van der Waals surface area (Å²) < 4.78 is 1.97. The molecule has 1 aliphatic rings. The van der Waals surface area contributed by atoms with Crippen LogP contribution in [-0.2, 0) is 19.4 Å². The van der Waals surface area contributed by atoms with Gasteiger partial charge < -0.3 is 14.8 Å². The number of aromatic carboxylic acids is 1. The maximum Gasteiger partial charge on any atom is 0.356 e. The lowest BCUT2D eigenvalue weighted by molar-refractivity contribution is 0.0689. The fourth-order valence-electron chi connectivity index (χ4n) is 2.25. The van der Waals surface area contributed by atoms with Crippen LogP contribution >= 0.6 is 0 Å². The van der Waals surface area contributed by atoms with E-state index in [2.05, 4.69) is 11.9 Å². The minimum atomic E-state index is -0.970. The lowest BCUT2D eigenvalue weighted by atomic mass is 9.99. The molecule has 0 aromatic carbocycles. The normalized spacial score (nSPS) is 19.5. The molecule has 1 aliphatic heterocycles. The van der Waals surface area contributed by atoms with Crippen LogP contribution < -0.4 is 0 Å². The van der Waals surface area contributed by atoms with E-state index in [1.165, 1.54) is 0 Å². The van der Waals surface area contributed by atoms with Crippen LogP contribution in [0.2, 0.25) is 0 Å². The number of hydrogen-bond acceptors (Lipinski definition) is 3. The zero-order chi connectivity index (χ0) is 11.7. The van der Waals surface area contributed by atoms with Gasteiger partial charge in [0.1, 0.15) is 5.82 Å². The van der Waals surface area contributed by atoms with Gasteiger partial charge in [-0.1, -0.05) is 6.92 Å². The first-order valence-corrected chi connectivity index (χ1v) is 5.56. The van der Waals surface area contributed by atoms with E-state index >= 15 is 0 Å². The van der Waals surface area contributed by atoms with Gasteiger partial charge in [0.05, 0.1) is 12.3 Å². The van der Waals surface area contributed by atoms with Gasteiger partial charge in [0.15, 0.2) is 5.69 Å². The number of rotatable bonds is 3. The highest BCUT2D eigenvalue weighted by Crippen LogP contribution is 2.24. The number of imidazole rings is 1. The zero-order valence-electron chi connectivity index (χ0n) is 9.31. The van der Waals surface area contributed by atoms with Crippen LogP contribution in [0.15, 0.2) is 0 Å². The number of fused-ring (bicyclic) bond motifs is 1. The average Bonchev–Trinajstić information content (AvgIpc) is 2.58. The second-order valence-electron chi connectivity index (χ2n) is 4.36. The molecule has 1 aromatic rings. The molecule has 0 fully saturated rings. The summed E-state index contributed by atoms with van der Waals surface area (Å²) in [5.74, 6) is 0.268. The largest absolute Gasteiger partial charge is 0.476 e. The van der Waals surface area contributed by atoms with E-state index in [9.17, 15) is 4.79 Å². The molecular formula is C11H16N2O3. The maximum absolute atomic E-state index is 11.0. The molecule has 2 heterocycles. The van der Waals surface area contributed by atoms with E-state index < -0.39 is 5.97 Å². The van der Waals surface area contributed by atoms with Crippen molar-refractivity contribution in [3.05, 3.63) is 17.2 Å². The van der Waals surface area contributed by atoms with Gasteiger partial charge in [-0.25, -0.2) is 9.78 Å². The second-order valence-corrected chi connectivity index (χ2v) is 4.36. The number of carboxylic acids is 1. The summed E-state index contributed by atoms with van der Waals surface area (Å²) in [5, 5.41) is 18.0. The molecule has 1 aromatic heterocycles. The maximum atomic E-state index is 11.0. The molecule has 5 nitrogen and oxygen atoms in total. The molecule has 0 spiro atoms. The van der Waals surface area contributed by atoms with E-state index in [0.29, 0.717) is 18.2 Å². The summed E-state index contributed by atoms with van der Waals surface area (Å²) in [6.07, 6.45) is 2.19. The van der Waals surface area contributed by atoms with Crippen LogP contribution in [-0.4, -0.2) is 32.3 Å². The van der Waals surface area contributed by atoms with E-state index in [1.807, 2.05) is 4.57 Å². The molecule has 1 unspecified atom stereocenters. The van der Waals surface area contributed by atoms with Gasteiger partial charge in [0.2, 0.25) is 0 Å². The van der Waals surface area contributed by atoms with E-state index in [1.54, 1.807) is 0 Å². The molecule has 0 saturated heterocycles. The lowest BCUT2D eigenvalue weighted by Gasteiger charge is -2.22. The second kappa shape index (κ2) is 4.25. The van der Waals surface area contributed by atoms with Gasteiger partial charge in [-0.05, 0) is 18.8 Å². The Hall–Kier alpha value is -1.36. The first-order chi connectivity index (χ1) is 7.63. The fourth-order valence-corrected chi connectivity index (χ4v) is 2.25. The number of aliphatic hydroxyl groups excluding tert-OH is 1. The number of hydrogen-bond donors (Lipinski definition) is 2. The predicted molar refractivity (Wildman–Crippen MR) is 57.5 cm³/mol. The molecule has 2 N–H and O–H groups in total. The minimum absolute atomic E-state index is 0.00386. The van der Waals surface area contributed by atoms with Gasteiger partial charge in [-0.3, -0.25) is 0 Å². The monoisotopic (exact) mass is 224 g/mol. The third-order valence-electron chi connectivity index (χ3n) is 3.06. The topological polar surface area (TPSA) is 75.3 Å². The molecule has 88 valence electrons. The van der Waals surface area contributed by atoms with Crippen molar-refractivity contribution in [3.8, 4) is 0 Å². The number of carboxylic acid groups (broad SMARTS) is 1. The minimum Gasteiger partial charge on any atom is -0.476 e. The quantitative estimate of drug-likeness (QED) is 0.792. The molecule has 2 rings (SSSR count). The van der Waals surface area contributed by atoms with Gasteiger partial charge in [0, 0.05) is 13.0 Å². The van der Waals surface area contributed by atoms with Crippen LogP contribution in [0, 0.1) is 5.92 Å². The third-order valence-corrected chi connectivity index (χ3v) is 3.06. The Morgan fingerprint density at radius 1 is 1.62 bits per heavy atom. The van der Waals surface area contributed by atoms with E-state index in [-0.39, 0.29) is 12.3 Å². The molecule has 5 heteroatoms. The number of aliphatic hydroxyl groups is 1. The molecule has 1 atom stereocenters. The van der Waals surface area contributed by atoms with E-state index in [0.717, 1.165) is 25.1 Å².